The van der Waals surface area contributed by atoms with Crippen molar-refractivity contribution in [2.24, 2.45) is 5.92 Å². The second kappa shape index (κ2) is 9.83. The van der Waals surface area contributed by atoms with Gasteiger partial charge in [-0.3, -0.25) is 19.6 Å². The molecule has 3 aliphatic rings. The SMILES string of the molecule is COc1cc(-c2cc(C(=O)N3CC[C@@H](C(=O)N[C@H]4CC[C@H](C(F)(F)F)N(C)C4)CC34CC4)n[nH]2)c(F)cn1. The lowest BCUT2D eigenvalue weighted by Crippen LogP contribution is -2.56. The zero-order valence-corrected chi connectivity index (χ0v) is 21.1. The van der Waals surface area contributed by atoms with Gasteiger partial charge in [0.2, 0.25) is 11.8 Å². The summed E-state index contributed by atoms with van der Waals surface area (Å²) in [5.41, 5.74) is 0.200. The number of aromatic nitrogens is 3. The Labute approximate surface area is 216 Å². The Bertz CT molecular complexity index is 1210. The molecule has 0 bridgehead atoms. The third-order valence-corrected chi connectivity index (χ3v) is 8.02. The number of amides is 2. The molecule has 1 aliphatic carbocycles. The Balaban J connectivity index is 1.21. The summed E-state index contributed by atoms with van der Waals surface area (Å²) in [5, 5.41) is 9.77. The van der Waals surface area contributed by atoms with Gasteiger partial charge < -0.3 is 15.0 Å². The van der Waals surface area contributed by atoms with Crippen LogP contribution in [0.3, 0.4) is 0 Å². The highest BCUT2D eigenvalue weighted by Gasteiger charge is 2.55. The van der Waals surface area contributed by atoms with Gasteiger partial charge in [-0.15, -0.1) is 0 Å². The molecule has 206 valence electrons. The summed E-state index contributed by atoms with van der Waals surface area (Å²) in [6.45, 7) is 0.501. The third-order valence-electron chi connectivity index (χ3n) is 8.02. The predicted octanol–water partition coefficient (Wildman–Crippen LogP) is 3.15. The normalized spacial score (nSPS) is 25.3. The van der Waals surface area contributed by atoms with Crippen LogP contribution in [-0.4, -0.2) is 87.8 Å². The number of nitrogens with one attached hydrogen (secondary N) is 2. The molecule has 2 amide bonds. The van der Waals surface area contributed by atoms with E-state index in [1.807, 2.05) is 0 Å². The maximum Gasteiger partial charge on any atom is 0.404 e. The fourth-order valence-electron chi connectivity index (χ4n) is 5.79. The van der Waals surface area contributed by atoms with Gasteiger partial charge >= 0.3 is 6.18 Å². The van der Waals surface area contributed by atoms with E-state index in [2.05, 4.69) is 20.5 Å². The Morgan fingerprint density at radius 2 is 1.97 bits per heavy atom. The van der Waals surface area contributed by atoms with E-state index in [0.717, 1.165) is 19.0 Å². The van der Waals surface area contributed by atoms with Crippen LogP contribution in [0.1, 0.15) is 49.0 Å². The van der Waals surface area contributed by atoms with E-state index in [0.29, 0.717) is 25.1 Å². The summed E-state index contributed by atoms with van der Waals surface area (Å²) >= 11 is 0. The lowest BCUT2D eigenvalue weighted by molar-refractivity contribution is -0.188. The number of alkyl halides is 3. The Morgan fingerprint density at radius 1 is 1.21 bits per heavy atom. The molecule has 0 radical (unpaired) electrons. The number of hydrogen-bond donors (Lipinski definition) is 2. The van der Waals surface area contributed by atoms with Gasteiger partial charge in [-0.2, -0.15) is 18.3 Å². The van der Waals surface area contributed by atoms with Gasteiger partial charge in [0, 0.05) is 42.2 Å². The molecule has 1 spiro atoms. The first-order chi connectivity index (χ1) is 18.0. The van der Waals surface area contributed by atoms with Crippen molar-refractivity contribution in [2.45, 2.75) is 62.3 Å². The first-order valence-corrected chi connectivity index (χ1v) is 12.7. The predicted molar refractivity (Wildman–Crippen MR) is 128 cm³/mol. The number of hydrogen-bond acceptors (Lipinski definition) is 6. The Morgan fingerprint density at radius 3 is 2.63 bits per heavy atom. The molecule has 3 atom stereocenters. The summed E-state index contributed by atoms with van der Waals surface area (Å²) in [7, 11) is 2.85. The van der Waals surface area contributed by atoms with Crippen molar-refractivity contribution in [2.75, 3.05) is 27.2 Å². The highest BCUT2D eigenvalue weighted by molar-refractivity contribution is 5.94. The minimum Gasteiger partial charge on any atom is -0.481 e. The van der Waals surface area contributed by atoms with Crippen molar-refractivity contribution in [3.8, 4) is 17.1 Å². The van der Waals surface area contributed by atoms with Gasteiger partial charge in [0.25, 0.3) is 5.91 Å². The van der Waals surface area contributed by atoms with E-state index >= 15 is 0 Å². The molecule has 3 fully saturated rings. The van der Waals surface area contributed by atoms with Gasteiger partial charge in [0.05, 0.1) is 19.0 Å². The summed E-state index contributed by atoms with van der Waals surface area (Å²) in [4.78, 5) is 33.2. The highest BCUT2D eigenvalue weighted by atomic mass is 19.4. The quantitative estimate of drug-likeness (QED) is 0.567. The number of pyridine rings is 1. The van der Waals surface area contributed by atoms with Crippen molar-refractivity contribution in [3.05, 3.63) is 29.8 Å². The van der Waals surface area contributed by atoms with Gasteiger partial charge in [-0.25, -0.2) is 9.37 Å². The molecule has 2 N–H and O–H groups in total. The lowest BCUT2D eigenvalue weighted by atomic mass is 9.87. The first kappa shape index (κ1) is 26.4. The number of carbonyl (C=O) groups excluding carboxylic acids is 2. The van der Waals surface area contributed by atoms with Gasteiger partial charge in [0.1, 0.15) is 6.04 Å². The molecular weight excluding hydrogens is 508 g/mol. The molecule has 1 saturated carbocycles. The summed E-state index contributed by atoms with van der Waals surface area (Å²) in [5.74, 6) is -1.15. The van der Waals surface area contributed by atoms with Crippen molar-refractivity contribution >= 4 is 11.8 Å². The van der Waals surface area contributed by atoms with E-state index in [9.17, 15) is 27.2 Å². The highest BCUT2D eigenvalue weighted by Crippen LogP contribution is 2.50. The summed E-state index contributed by atoms with van der Waals surface area (Å²) in [6.07, 6.45) is -0.573. The lowest BCUT2D eigenvalue weighted by Gasteiger charge is -2.41. The number of likely N-dealkylation sites (N-methyl/N-ethyl adjacent to an activating group) is 1. The Hall–Kier alpha value is -3.22. The first-order valence-electron chi connectivity index (χ1n) is 12.7. The van der Waals surface area contributed by atoms with E-state index < -0.39 is 23.6 Å². The number of halogens is 4. The Kier molecular flexibility index (Phi) is 6.82. The molecule has 0 aromatic carbocycles. The summed E-state index contributed by atoms with van der Waals surface area (Å²) < 4.78 is 58.8. The van der Waals surface area contributed by atoms with Crippen LogP contribution in [-0.2, 0) is 4.79 Å². The van der Waals surface area contributed by atoms with Crippen LogP contribution in [0.15, 0.2) is 18.3 Å². The molecule has 5 rings (SSSR count). The van der Waals surface area contributed by atoms with E-state index in [1.165, 1.54) is 31.2 Å². The number of rotatable bonds is 5. The third kappa shape index (κ3) is 5.07. The smallest absolute Gasteiger partial charge is 0.404 e. The van der Waals surface area contributed by atoms with Crippen molar-refractivity contribution in [1.82, 2.24) is 30.3 Å². The van der Waals surface area contributed by atoms with Crippen LogP contribution in [0.5, 0.6) is 5.88 Å². The van der Waals surface area contributed by atoms with Gasteiger partial charge in [-0.05, 0) is 51.6 Å². The molecule has 2 aromatic rings. The fourth-order valence-corrected chi connectivity index (χ4v) is 5.79. The van der Waals surface area contributed by atoms with Crippen molar-refractivity contribution < 1.29 is 31.9 Å². The largest absolute Gasteiger partial charge is 0.481 e. The average Bonchev–Trinajstić information content (AvgIpc) is 3.44. The van der Waals surface area contributed by atoms with Crippen LogP contribution in [0.25, 0.3) is 11.3 Å². The van der Waals surface area contributed by atoms with Crippen LogP contribution in [0.4, 0.5) is 17.6 Å². The van der Waals surface area contributed by atoms with Gasteiger partial charge in [0.15, 0.2) is 11.5 Å². The summed E-state index contributed by atoms with van der Waals surface area (Å²) in [6, 6.07) is 1.08. The number of likely N-dealkylation sites (tertiary alicyclic amines) is 2. The monoisotopic (exact) mass is 538 g/mol. The zero-order chi connectivity index (χ0) is 27.2. The number of H-pyrrole nitrogens is 1. The maximum absolute atomic E-state index is 14.3. The molecule has 13 heteroatoms. The van der Waals surface area contributed by atoms with Crippen molar-refractivity contribution in [1.29, 1.82) is 0 Å². The van der Waals surface area contributed by atoms with Gasteiger partial charge in [-0.1, -0.05) is 0 Å². The number of aromatic amines is 1. The molecule has 2 aliphatic heterocycles. The van der Waals surface area contributed by atoms with Crippen LogP contribution in [0, 0.1) is 11.7 Å². The maximum atomic E-state index is 14.3. The van der Waals surface area contributed by atoms with Crippen molar-refractivity contribution in [3.63, 3.8) is 0 Å². The van der Waals surface area contributed by atoms with E-state index in [1.54, 1.807) is 4.90 Å². The molecular formula is C25H30F4N6O3. The van der Waals surface area contributed by atoms with E-state index in [-0.39, 0.29) is 60.3 Å². The molecule has 4 heterocycles. The second-order valence-electron chi connectivity index (χ2n) is 10.5. The number of ether oxygens (including phenoxy) is 1. The fraction of sp³-hybridized carbons (Fsp3) is 0.600. The van der Waals surface area contributed by atoms with Crippen LogP contribution < -0.4 is 10.1 Å². The standard InChI is InChI=1S/C25H30F4N6O3/c1-34-13-15(3-4-20(34)25(27,28)29)31-22(36)14-5-8-35(24(11-14)6-7-24)23(37)19-10-18(32-33-19)16-9-21(38-2)30-12-17(16)26/h9-10,12,14-15,20H,3-8,11,13H2,1-2H3,(H,31,36)(H,32,33)/t14-,15+,20-/m1/s1. The number of carbonyl (C=O) groups is 2. The molecule has 9 nitrogen and oxygen atoms in total. The van der Waals surface area contributed by atoms with E-state index in [4.69, 9.17) is 4.74 Å². The number of methoxy groups -OCH3 is 1. The number of nitrogens with zero attached hydrogens (tertiary/aromatic N) is 4. The molecule has 38 heavy (non-hydrogen) atoms. The average molecular weight is 539 g/mol. The molecule has 2 saturated heterocycles. The zero-order valence-electron chi connectivity index (χ0n) is 21.1. The minimum atomic E-state index is -4.28. The van der Waals surface area contributed by atoms with Crippen LogP contribution in [0.2, 0.25) is 0 Å². The number of piperidine rings is 2. The second-order valence-corrected chi connectivity index (χ2v) is 10.5. The molecule has 0 unspecified atom stereocenters. The van der Waals surface area contributed by atoms with Crippen LogP contribution >= 0.6 is 0 Å². The molecule has 2 aromatic heterocycles. The topological polar surface area (TPSA) is 103 Å². The minimum absolute atomic E-state index is 0.0519.